The first-order valence-electron chi connectivity index (χ1n) is 8.56. The normalized spacial score (nSPS) is 11.5. The van der Waals surface area contributed by atoms with Crippen LogP contribution in [0.1, 0.15) is 30.3 Å². The zero-order valence-corrected chi connectivity index (χ0v) is 14.7. The van der Waals surface area contributed by atoms with Gasteiger partial charge in [-0.2, -0.15) is 0 Å². The minimum absolute atomic E-state index is 0.509. The zero-order chi connectivity index (χ0) is 17.6. The minimum Gasteiger partial charge on any atom is -0.384 e. The summed E-state index contributed by atoms with van der Waals surface area (Å²) in [5.74, 6) is 0.509. The number of hydrogen-bond donors (Lipinski definition) is 1. The van der Waals surface area contributed by atoms with E-state index in [2.05, 4.69) is 40.3 Å². The summed E-state index contributed by atoms with van der Waals surface area (Å²) in [6.45, 7) is 6.31. The second kappa shape index (κ2) is 5.84. The first-order valence-corrected chi connectivity index (χ1v) is 8.56. The Balaban J connectivity index is 2.02. The average molecular weight is 331 g/mol. The molecule has 0 fully saturated rings. The highest BCUT2D eigenvalue weighted by Gasteiger charge is 2.14. The molecule has 126 valence electrons. The molecule has 0 saturated carbocycles. The van der Waals surface area contributed by atoms with Crippen LogP contribution < -0.4 is 5.73 Å². The van der Waals surface area contributed by atoms with Crippen LogP contribution >= 0.6 is 0 Å². The summed E-state index contributed by atoms with van der Waals surface area (Å²) in [5, 5.41) is 1.03. The maximum absolute atomic E-state index is 5.89. The zero-order valence-electron chi connectivity index (χ0n) is 14.7. The highest BCUT2D eigenvalue weighted by atomic mass is 15.0. The van der Waals surface area contributed by atoms with E-state index in [1.54, 1.807) is 0 Å². The van der Waals surface area contributed by atoms with Crippen molar-refractivity contribution in [3.63, 3.8) is 0 Å². The monoisotopic (exact) mass is 331 g/mol. The molecule has 5 nitrogen and oxygen atoms in total. The molecule has 4 aromatic rings. The Morgan fingerprint density at radius 3 is 2.64 bits per heavy atom. The number of fused-ring (bicyclic) bond motifs is 3. The van der Waals surface area contributed by atoms with Gasteiger partial charge in [-0.3, -0.25) is 9.38 Å². The molecular formula is C20H21N5. The number of nitrogens with zero attached hydrogens (tertiary/aromatic N) is 4. The first kappa shape index (κ1) is 15.6. The molecule has 0 amide bonds. The van der Waals surface area contributed by atoms with E-state index >= 15 is 0 Å². The third kappa shape index (κ3) is 2.61. The lowest BCUT2D eigenvalue weighted by molar-refractivity contribution is 0.881. The lowest BCUT2D eigenvalue weighted by atomic mass is 10.0. The van der Waals surface area contributed by atoms with Crippen molar-refractivity contribution < 1.29 is 0 Å². The smallest absolute Gasteiger partial charge is 0.145 e. The molecule has 0 radical (unpaired) electrons. The maximum atomic E-state index is 5.89. The van der Waals surface area contributed by atoms with Crippen LogP contribution in [0.3, 0.4) is 0 Å². The second-order valence-electron chi connectivity index (χ2n) is 6.54. The van der Waals surface area contributed by atoms with E-state index in [1.165, 1.54) is 5.56 Å². The van der Waals surface area contributed by atoms with Crippen LogP contribution in [-0.4, -0.2) is 19.4 Å². The molecule has 0 saturated heterocycles. The molecule has 0 spiro atoms. The lowest BCUT2D eigenvalue weighted by Crippen LogP contribution is -1.98. The molecule has 0 aliphatic carbocycles. The highest BCUT2D eigenvalue weighted by molar-refractivity contribution is 5.92. The fourth-order valence-electron chi connectivity index (χ4n) is 3.37. The predicted octanol–water partition coefficient (Wildman–Crippen LogP) is 4.10. The maximum Gasteiger partial charge on any atom is 0.145 e. The Hall–Kier alpha value is -2.95. The van der Waals surface area contributed by atoms with Gasteiger partial charge in [0, 0.05) is 46.9 Å². The van der Waals surface area contributed by atoms with Crippen molar-refractivity contribution in [2.24, 2.45) is 0 Å². The number of imidazole rings is 1. The van der Waals surface area contributed by atoms with Gasteiger partial charge < -0.3 is 5.73 Å². The molecule has 2 N–H and O–H groups in total. The van der Waals surface area contributed by atoms with E-state index in [0.29, 0.717) is 5.82 Å². The van der Waals surface area contributed by atoms with E-state index in [9.17, 15) is 0 Å². The Kier molecular flexibility index (Phi) is 3.64. The van der Waals surface area contributed by atoms with Crippen LogP contribution in [0.15, 0.2) is 36.8 Å². The molecule has 4 aromatic heterocycles. The molecule has 0 atom stereocenters. The van der Waals surface area contributed by atoms with Gasteiger partial charge in [0.25, 0.3) is 0 Å². The molecule has 0 bridgehead atoms. The second-order valence-corrected chi connectivity index (χ2v) is 6.54. The van der Waals surface area contributed by atoms with Gasteiger partial charge in [-0.05, 0) is 38.0 Å². The van der Waals surface area contributed by atoms with Gasteiger partial charge in [0.05, 0.1) is 11.2 Å². The predicted molar refractivity (Wildman–Crippen MR) is 102 cm³/mol. The van der Waals surface area contributed by atoms with Gasteiger partial charge >= 0.3 is 0 Å². The van der Waals surface area contributed by atoms with Gasteiger partial charge in [0.1, 0.15) is 11.5 Å². The molecule has 0 unspecified atom stereocenters. The topological polar surface area (TPSA) is 69.1 Å². The van der Waals surface area contributed by atoms with E-state index < -0.39 is 0 Å². The van der Waals surface area contributed by atoms with Crippen molar-refractivity contribution in [3.8, 4) is 11.1 Å². The summed E-state index contributed by atoms with van der Waals surface area (Å²) < 4.78 is 2.09. The summed E-state index contributed by atoms with van der Waals surface area (Å²) >= 11 is 0. The van der Waals surface area contributed by atoms with Crippen molar-refractivity contribution >= 4 is 22.4 Å². The van der Waals surface area contributed by atoms with Gasteiger partial charge in [0.2, 0.25) is 0 Å². The van der Waals surface area contributed by atoms with E-state index in [4.69, 9.17) is 10.7 Å². The molecule has 0 aromatic carbocycles. The van der Waals surface area contributed by atoms with Gasteiger partial charge in [-0.1, -0.05) is 13.3 Å². The fourth-order valence-corrected chi connectivity index (χ4v) is 3.37. The molecule has 0 aliphatic rings. The Morgan fingerprint density at radius 2 is 1.88 bits per heavy atom. The van der Waals surface area contributed by atoms with Crippen molar-refractivity contribution in [2.75, 3.05) is 5.73 Å². The van der Waals surface area contributed by atoms with Crippen molar-refractivity contribution in [1.82, 2.24) is 19.4 Å². The summed E-state index contributed by atoms with van der Waals surface area (Å²) in [4.78, 5) is 13.6. The van der Waals surface area contributed by atoms with Crippen molar-refractivity contribution in [2.45, 2.75) is 33.6 Å². The molecular weight excluding hydrogens is 310 g/mol. The average Bonchev–Trinajstić information content (AvgIpc) is 2.97. The van der Waals surface area contributed by atoms with Gasteiger partial charge in [0.15, 0.2) is 0 Å². The largest absolute Gasteiger partial charge is 0.384 e. The van der Waals surface area contributed by atoms with Crippen molar-refractivity contribution in [3.05, 3.63) is 53.7 Å². The van der Waals surface area contributed by atoms with Crippen LogP contribution in [0.2, 0.25) is 0 Å². The molecule has 25 heavy (non-hydrogen) atoms. The van der Waals surface area contributed by atoms with E-state index in [-0.39, 0.29) is 0 Å². The number of nitrogen functional groups attached to an aromatic ring is 1. The van der Waals surface area contributed by atoms with Gasteiger partial charge in [-0.15, -0.1) is 0 Å². The summed E-state index contributed by atoms with van der Waals surface area (Å²) in [6, 6.07) is 6.20. The van der Waals surface area contributed by atoms with Crippen LogP contribution in [0.4, 0.5) is 5.82 Å². The minimum atomic E-state index is 0.509. The number of aromatic nitrogens is 4. The number of pyridine rings is 3. The molecule has 4 rings (SSSR count). The highest BCUT2D eigenvalue weighted by Crippen LogP contribution is 2.31. The number of anilines is 1. The number of rotatable bonds is 3. The van der Waals surface area contributed by atoms with Crippen LogP contribution in [-0.2, 0) is 6.42 Å². The Bertz CT molecular complexity index is 1090. The number of aryl methyl sites for hydroxylation is 3. The number of hydrogen-bond acceptors (Lipinski definition) is 4. The molecule has 0 aliphatic heterocycles. The standard InChI is InChI=1S/C20H21N5/c1-4-5-15-6-12(2)17(10-22-15)16-7-14-9-23-19(21)8-18(14)25-11-13(3)24-20(16)25/h6-11H,4-5H2,1-3H3,(H2,21,23). The fraction of sp³-hybridized carbons (Fsp3) is 0.250. The van der Waals surface area contributed by atoms with Gasteiger partial charge in [-0.25, -0.2) is 9.97 Å². The SMILES string of the molecule is CCCc1cc(C)c(-c2cc3cnc(N)cc3n3cc(C)nc23)cn1. The third-order valence-electron chi connectivity index (χ3n) is 4.52. The van der Waals surface area contributed by atoms with Crippen molar-refractivity contribution in [1.29, 1.82) is 0 Å². The van der Waals surface area contributed by atoms with Crippen LogP contribution in [0.5, 0.6) is 0 Å². The summed E-state index contributed by atoms with van der Waals surface area (Å²) in [7, 11) is 0. The molecule has 5 heteroatoms. The van der Waals surface area contributed by atoms with Crippen LogP contribution in [0, 0.1) is 13.8 Å². The van der Waals surface area contributed by atoms with Crippen LogP contribution in [0.25, 0.3) is 27.7 Å². The Labute approximate surface area is 146 Å². The lowest BCUT2D eigenvalue weighted by Gasteiger charge is -2.11. The Morgan fingerprint density at radius 1 is 1.04 bits per heavy atom. The molecule has 4 heterocycles. The third-order valence-corrected chi connectivity index (χ3v) is 4.52. The quantitative estimate of drug-likeness (QED) is 0.614. The number of nitrogens with two attached hydrogens (primary N) is 1. The summed E-state index contributed by atoms with van der Waals surface area (Å²) in [6.07, 6.45) is 7.92. The first-order chi connectivity index (χ1) is 12.1. The van der Waals surface area contributed by atoms with E-state index in [0.717, 1.165) is 51.9 Å². The van der Waals surface area contributed by atoms with E-state index in [1.807, 2.05) is 31.6 Å². The summed E-state index contributed by atoms with van der Waals surface area (Å²) in [5.41, 5.74) is 13.3.